The van der Waals surface area contributed by atoms with Gasteiger partial charge in [0.2, 0.25) is 0 Å². The topological polar surface area (TPSA) is 49.6 Å². The zero-order valence-corrected chi connectivity index (χ0v) is 25.6. The highest BCUT2D eigenvalue weighted by Crippen LogP contribution is 2.40. The lowest BCUT2D eigenvalue weighted by Crippen LogP contribution is -2.45. The molecule has 1 aliphatic heterocycles. The van der Waals surface area contributed by atoms with Crippen LogP contribution in [-0.4, -0.2) is 5.84 Å². The van der Waals surface area contributed by atoms with Gasteiger partial charge in [0.05, 0.1) is 0 Å². The van der Waals surface area contributed by atoms with Gasteiger partial charge in [-0.25, -0.2) is 4.99 Å². The average molecular weight is 606 g/mol. The van der Waals surface area contributed by atoms with Crippen LogP contribution in [0.15, 0.2) is 173 Å². The summed E-state index contributed by atoms with van der Waals surface area (Å²) < 4.78 is 6.46. The van der Waals surface area contributed by atoms with Gasteiger partial charge < -0.3 is 9.73 Å². The van der Waals surface area contributed by atoms with Crippen molar-refractivity contribution in [2.75, 3.05) is 0 Å². The summed E-state index contributed by atoms with van der Waals surface area (Å²) in [5.74, 6) is 0.851. The fraction of sp³-hybridized carbons (Fsp3) is 0.0465. The summed E-state index contributed by atoms with van der Waals surface area (Å²) in [7, 11) is 0. The number of hydrogen-bond donors (Lipinski definition) is 2. The molecule has 0 radical (unpaired) electrons. The van der Waals surface area contributed by atoms with Crippen LogP contribution in [0.4, 0.5) is 0 Å². The van der Waals surface area contributed by atoms with Crippen molar-refractivity contribution in [3.05, 3.63) is 180 Å². The van der Waals surface area contributed by atoms with Crippen molar-refractivity contribution in [3.8, 4) is 22.3 Å². The van der Waals surface area contributed by atoms with Crippen LogP contribution in [0.1, 0.15) is 29.0 Å². The Labute approximate surface area is 273 Å². The number of rotatable bonds is 5. The Morgan fingerprint density at radius 3 is 2.00 bits per heavy atom. The van der Waals surface area contributed by atoms with Gasteiger partial charge in [0.1, 0.15) is 29.3 Å². The maximum atomic E-state index is 6.46. The minimum atomic E-state index is -0.332. The molecule has 4 nitrogen and oxygen atoms in total. The Morgan fingerprint density at radius 2 is 1.19 bits per heavy atom. The maximum Gasteiger partial charge on any atom is 0.136 e. The van der Waals surface area contributed by atoms with Gasteiger partial charge in [-0.1, -0.05) is 146 Å². The number of nitrogens with zero attached hydrogens (tertiary/aromatic N) is 1. The van der Waals surface area contributed by atoms with Gasteiger partial charge in [-0.2, -0.15) is 0 Å². The summed E-state index contributed by atoms with van der Waals surface area (Å²) in [4.78, 5) is 5.32. The van der Waals surface area contributed by atoms with E-state index in [0.29, 0.717) is 0 Å². The zero-order valence-electron chi connectivity index (χ0n) is 25.6. The van der Waals surface area contributed by atoms with Crippen LogP contribution in [0.2, 0.25) is 0 Å². The van der Waals surface area contributed by atoms with Crippen molar-refractivity contribution in [2.24, 2.45) is 4.99 Å². The van der Waals surface area contributed by atoms with E-state index >= 15 is 0 Å². The standard InChI is InChI=1S/C43H31N3O/c1-3-12-28(13-4-1)33-26-37(40-36-19-9-10-21-38(36)47-39(40)27-33)43-45-41(31-15-5-2-6-16-31)44-42(46-43)32-24-22-30(23-25-32)35-20-11-17-29-14-7-8-18-34(29)35/h1-27,42-43,46H,(H,44,45). The second kappa shape index (κ2) is 11.4. The molecule has 0 amide bonds. The number of benzene rings is 7. The molecule has 4 heteroatoms. The smallest absolute Gasteiger partial charge is 0.136 e. The van der Waals surface area contributed by atoms with Gasteiger partial charge in [0.25, 0.3) is 0 Å². The molecule has 0 aliphatic carbocycles. The zero-order chi connectivity index (χ0) is 31.2. The first kappa shape index (κ1) is 27.3. The molecule has 0 saturated carbocycles. The highest BCUT2D eigenvalue weighted by atomic mass is 16.3. The molecule has 224 valence electrons. The van der Waals surface area contributed by atoms with E-state index in [4.69, 9.17) is 9.41 Å². The predicted molar refractivity (Wildman–Crippen MR) is 193 cm³/mol. The molecule has 1 aromatic heterocycles. The molecular weight excluding hydrogens is 574 g/mol. The molecule has 1 aliphatic rings. The summed E-state index contributed by atoms with van der Waals surface area (Å²) in [6, 6.07) is 57.5. The Balaban J connectivity index is 1.17. The van der Waals surface area contributed by atoms with E-state index in [1.807, 2.05) is 24.3 Å². The van der Waals surface area contributed by atoms with E-state index in [-0.39, 0.29) is 12.3 Å². The molecule has 8 aromatic rings. The molecule has 0 bridgehead atoms. The molecule has 47 heavy (non-hydrogen) atoms. The Bertz CT molecular complexity index is 2410. The number of furan rings is 1. The largest absolute Gasteiger partial charge is 0.456 e. The van der Waals surface area contributed by atoms with Crippen molar-refractivity contribution in [1.82, 2.24) is 10.6 Å². The molecule has 7 aromatic carbocycles. The van der Waals surface area contributed by atoms with Crippen molar-refractivity contribution in [2.45, 2.75) is 12.3 Å². The van der Waals surface area contributed by atoms with Gasteiger partial charge in [-0.05, 0) is 56.8 Å². The lowest BCUT2D eigenvalue weighted by atomic mass is 9.95. The number of fused-ring (bicyclic) bond motifs is 4. The molecule has 0 fully saturated rings. The fourth-order valence-corrected chi connectivity index (χ4v) is 6.86. The molecule has 2 N–H and O–H groups in total. The SMILES string of the molecule is c1ccc(C2=NC(c3cc(-c4ccccc4)cc4oc5ccccc5c34)NC(c3ccc(-c4cccc5ccccc45)cc3)N2)cc1. The molecule has 2 atom stereocenters. The van der Waals surface area contributed by atoms with E-state index in [1.165, 1.54) is 21.9 Å². The first-order valence-corrected chi connectivity index (χ1v) is 16.0. The quantitative estimate of drug-likeness (QED) is 0.205. The predicted octanol–water partition coefficient (Wildman–Crippen LogP) is 10.4. The molecular formula is C43H31N3O. The third-order valence-corrected chi connectivity index (χ3v) is 9.17. The number of amidine groups is 1. The normalized spacial score (nSPS) is 16.3. The number of nitrogens with one attached hydrogen (secondary N) is 2. The third-order valence-electron chi connectivity index (χ3n) is 9.17. The van der Waals surface area contributed by atoms with Crippen LogP contribution < -0.4 is 10.6 Å². The average Bonchev–Trinajstić information content (AvgIpc) is 3.53. The van der Waals surface area contributed by atoms with Gasteiger partial charge in [-0.15, -0.1) is 0 Å². The molecule has 2 heterocycles. The Morgan fingerprint density at radius 1 is 0.511 bits per heavy atom. The van der Waals surface area contributed by atoms with E-state index in [1.54, 1.807) is 0 Å². The number of hydrogen-bond acceptors (Lipinski definition) is 4. The monoisotopic (exact) mass is 605 g/mol. The first-order chi connectivity index (χ1) is 23.3. The van der Waals surface area contributed by atoms with Crippen LogP contribution in [0, 0.1) is 0 Å². The lowest BCUT2D eigenvalue weighted by molar-refractivity contribution is 0.410. The highest BCUT2D eigenvalue weighted by Gasteiger charge is 2.28. The van der Waals surface area contributed by atoms with Crippen molar-refractivity contribution >= 4 is 38.5 Å². The van der Waals surface area contributed by atoms with E-state index in [2.05, 4.69) is 150 Å². The summed E-state index contributed by atoms with van der Waals surface area (Å²) in [5, 5.41) is 12.2. The minimum Gasteiger partial charge on any atom is -0.456 e. The first-order valence-electron chi connectivity index (χ1n) is 16.0. The Kier molecular flexibility index (Phi) is 6.65. The van der Waals surface area contributed by atoms with Gasteiger partial charge >= 0.3 is 0 Å². The number of para-hydroxylation sites is 1. The fourth-order valence-electron chi connectivity index (χ4n) is 6.86. The summed E-state index contributed by atoms with van der Waals surface area (Å²) >= 11 is 0. The van der Waals surface area contributed by atoms with Gasteiger partial charge in [0, 0.05) is 21.9 Å². The van der Waals surface area contributed by atoms with Crippen molar-refractivity contribution in [1.29, 1.82) is 0 Å². The molecule has 9 rings (SSSR count). The van der Waals surface area contributed by atoms with Crippen molar-refractivity contribution in [3.63, 3.8) is 0 Å². The van der Waals surface area contributed by atoms with Crippen LogP contribution in [-0.2, 0) is 0 Å². The minimum absolute atomic E-state index is 0.178. The van der Waals surface area contributed by atoms with Crippen molar-refractivity contribution < 1.29 is 4.42 Å². The van der Waals surface area contributed by atoms with Crippen LogP contribution in [0.5, 0.6) is 0 Å². The maximum absolute atomic E-state index is 6.46. The third kappa shape index (κ3) is 4.96. The summed E-state index contributed by atoms with van der Waals surface area (Å²) in [6.45, 7) is 0. The number of aliphatic imine (C=N–C) groups is 1. The second-order valence-corrected chi connectivity index (χ2v) is 12.0. The van der Waals surface area contributed by atoms with Gasteiger partial charge in [0.15, 0.2) is 0 Å². The molecule has 0 saturated heterocycles. The second-order valence-electron chi connectivity index (χ2n) is 12.0. The molecule has 0 spiro atoms. The molecule has 2 unspecified atom stereocenters. The highest BCUT2D eigenvalue weighted by molar-refractivity contribution is 6.08. The summed E-state index contributed by atoms with van der Waals surface area (Å²) in [6.07, 6.45) is -0.510. The van der Waals surface area contributed by atoms with Gasteiger partial charge in [-0.3, -0.25) is 5.32 Å². The van der Waals surface area contributed by atoms with Crippen LogP contribution in [0.25, 0.3) is 55.0 Å². The van der Waals surface area contributed by atoms with E-state index < -0.39 is 0 Å². The summed E-state index contributed by atoms with van der Waals surface area (Å²) in [5.41, 5.74) is 9.65. The van der Waals surface area contributed by atoms with E-state index in [9.17, 15) is 0 Å². The lowest BCUT2D eigenvalue weighted by Gasteiger charge is -2.32. The van der Waals surface area contributed by atoms with Crippen LogP contribution >= 0.6 is 0 Å². The van der Waals surface area contributed by atoms with E-state index in [0.717, 1.165) is 55.6 Å². The van der Waals surface area contributed by atoms with Crippen LogP contribution in [0.3, 0.4) is 0 Å². The Hall–Kier alpha value is -5.97.